The molecule has 0 spiro atoms. The van der Waals surface area contributed by atoms with Gasteiger partial charge in [-0.2, -0.15) is 0 Å². The zero-order valence-electron chi connectivity index (χ0n) is 20.0. The van der Waals surface area contributed by atoms with Crippen molar-refractivity contribution in [2.75, 3.05) is 52.5 Å². The second-order valence-electron chi connectivity index (χ2n) is 10.5. The van der Waals surface area contributed by atoms with Crippen molar-refractivity contribution in [1.82, 2.24) is 14.7 Å². The first-order valence-corrected chi connectivity index (χ1v) is 14.4. The summed E-state index contributed by atoms with van der Waals surface area (Å²) < 4.78 is 29.2. The average molecular weight is 491 g/mol. The maximum Gasteiger partial charge on any atom is 0.230 e. The lowest BCUT2D eigenvalue weighted by atomic mass is 9.68. The number of carbonyl (C=O) groups excluding carboxylic acids is 1. The van der Waals surface area contributed by atoms with Crippen LogP contribution in [0.15, 0.2) is 30.3 Å². The summed E-state index contributed by atoms with van der Waals surface area (Å²) in [6.45, 7) is 6.53. The number of primary sulfonamides is 1. The topological polar surface area (TPSA) is 96.2 Å². The third kappa shape index (κ3) is 4.78. The number of ether oxygens (including phenoxy) is 1. The summed E-state index contributed by atoms with van der Waals surface area (Å²) in [6, 6.07) is 11.1. The molecule has 34 heavy (non-hydrogen) atoms. The summed E-state index contributed by atoms with van der Waals surface area (Å²) in [5.41, 5.74) is 0.764. The van der Waals surface area contributed by atoms with Crippen molar-refractivity contribution in [3.63, 3.8) is 0 Å². The summed E-state index contributed by atoms with van der Waals surface area (Å²) in [4.78, 5) is 21.2. The summed E-state index contributed by atoms with van der Waals surface area (Å²) in [6.07, 6.45) is 4.72. The molecule has 1 aromatic carbocycles. The van der Waals surface area contributed by atoms with E-state index < -0.39 is 20.7 Å². The minimum Gasteiger partial charge on any atom is -0.379 e. The molecule has 0 aromatic heterocycles. The molecule has 2 N–H and O–H groups in total. The Balaban J connectivity index is 1.35. The fourth-order valence-corrected chi connectivity index (χ4v) is 7.75. The molecule has 0 unspecified atom stereocenters. The Hall–Kier alpha value is -1.52. The van der Waals surface area contributed by atoms with E-state index in [0.717, 1.165) is 65.1 Å². The molecule has 4 heterocycles. The highest BCUT2D eigenvalue weighted by Gasteiger charge is 2.60. The molecule has 5 rings (SSSR count). The van der Waals surface area contributed by atoms with Crippen molar-refractivity contribution < 1.29 is 17.9 Å². The number of fused-ring (bicyclic) bond motifs is 2. The van der Waals surface area contributed by atoms with Crippen LogP contribution in [0.1, 0.15) is 37.7 Å². The van der Waals surface area contributed by atoms with E-state index in [1.807, 2.05) is 11.0 Å². The van der Waals surface area contributed by atoms with Crippen molar-refractivity contribution in [2.45, 2.75) is 55.9 Å². The Labute approximate surface area is 203 Å². The Morgan fingerprint density at radius 2 is 1.71 bits per heavy atom. The maximum atomic E-state index is 14.2. The summed E-state index contributed by atoms with van der Waals surface area (Å²) in [7, 11) is -3.55. The molecule has 4 saturated heterocycles. The molecule has 1 aromatic rings. The normalized spacial score (nSPS) is 31.3. The number of amides is 1. The molecule has 0 saturated carbocycles. The molecule has 1 amide bonds. The van der Waals surface area contributed by atoms with E-state index in [2.05, 4.69) is 34.1 Å². The molecule has 188 valence electrons. The van der Waals surface area contributed by atoms with Crippen molar-refractivity contribution in [3.8, 4) is 0 Å². The predicted octanol–water partition coefficient (Wildman–Crippen LogP) is 1.06. The molecule has 3 atom stereocenters. The van der Waals surface area contributed by atoms with E-state index in [-0.39, 0.29) is 11.9 Å². The number of likely N-dealkylation sites (tertiary alicyclic amines) is 1. The van der Waals surface area contributed by atoms with E-state index in [9.17, 15) is 13.2 Å². The van der Waals surface area contributed by atoms with Gasteiger partial charge in [-0.05, 0) is 44.1 Å². The number of morpholine rings is 1. The van der Waals surface area contributed by atoms with Crippen molar-refractivity contribution >= 4 is 15.9 Å². The molecular formula is C25H38N4O4S. The van der Waals surface area contributed by atoms with Gasteiger partial charge in [-0.3, -0.25) is 14.6 Å². The van der Waals surface area contributed by atoms with Crippen LogP contribution in [-0.2, 0) is 26.0 Å². The third-order valence-corrected chi connectivity index (χ3v) is 10.0. The van der Waals surface area contributed by atoms with E-state index in [0.29, 0.717) is 32.0 Å². The van der Waals surface area contributed by atoms with Crippen LogP contribution in [0.5, 0.6) is 0 Å². The van der Waals surface area contributed by atoms with Gasteiger partial charge < -0.3 is 9.64 Å². The van der Waals surface area contributed by atoms with Crippen molar-refractivity contribution in [1.29, 1.82) is 0 Å². The highest BCUT2D eigenvalue weighted by molar-refractivity contribution is 7.89. The number of benzene rings is 1. The quantitative estimate of drug-likeness (QED) is 0.614. The number of hydrogen-bond acceptors (Lipinski definition) is 6. The molecule has 8 nitrogen and oxygen atoms in total. The second kappa shape index (κ2) is 9.85. The third-order valence-electron chi connectivity index (χ3n) is 8.64. The van der Waals surface area contributed by atoms with Gasteiger partial charge in [0.25, 0.3) is 0 Å². The number of piperidine rings is 1. The van der Waals surface area contributed by atoms with Crippen LogP contribution in [0.2, 0.25) is 0 Å². The Morgan fingerprint density at radius 1 is 1.00 bits per heavy atom. The Kier molecular flexibility index (Phi) is 7.01. The van der Waals surface area contributed by atoms with E-state index in [4.69, 9.17) is 9.88 Å². The summed E-state index contributed by atoms with van der Waals surface area (Å²) in [5.74, 6) is 0.216. The molecule has 0 aliphatic carbocycles. The molecular weight excluding hydrogens is 452 g/mol. The lowest BCUT2D eigenvalue weighted by molar-refractivity contribution is -0.145. The maximum absolute atomic E-state index is 14.2. The fraction of sp³-hybridized carbons (Fsp3) is 0.720. The zero-order chi connectivity index (χ0) is 23.8. The van der Waals surface area contributed by atoms with E-state index >= 15 is 0 Å². The monoisotopic (exact) mass is 490 g/mol. The average Bonchev–Trinajstić information content (AvgIpc) is 3.38. The van der Waals surface area contributed by atoms with Gasteiger partial charge in [0.2, 0.25) is 15.9 Å². The number of rotatable bonds is 7. The largest absolute Gasteiger partial charge is 0.379 e. The zero-order valence-corrected chi connectivity index (χ0v) is 20.8. The van der Waals surface area contributed by atoms with Crippen LogP contribution in [0, 0.1) is 5.41 Å². The van der Waals surface area contributed by atoms with Crippen LogP contribution < -0.4 is 5.14 Å². The van der Waals surface area contributed by atoms with Gasteiger partial charge in [0, 0.05) is 51.4 Å². The number of nitrogens with zero attached hydrogens (tertiary/aromatic N) is 3. The van der Waals surface area contributed by atoms with Crippen molar-refractivity contribution in [2.24, 2.45) is 10.6 Å². The minimum atomic E-state index is -3.55. The van der Waals surface area contributed by atoms with Crippen LogP contribution >= 0.6 is 0 Å². The smallest absolute Gasteiger partial charge is 0.230 e. The van der Waals surface area contributed by atoms with Gasteiger partial charge in [-0.25, -0.2) is 13.6 Å². The van der Waals surface area contributed by atoms with E-state index in [1.54, 1.807) is 0 Å². The first-order chi connectivity index (χ1) is 16.4. The fourth-order valence-electron chi connectivity index (χ4n) is 6.88. The van der Waals surface area contributed by atoms with Gasteiger partial charge in [-0.15, -0.1) is 0 Å². The van der Waals surface area contributed by atoms with Crippen LogP contribution in [0.4, 0.5) is 0 Å². The minimum absolute atomic E-state index is 0.216. The highest BCUT2D eigenvalue weighted by atomic mass is 32.2. The molecule has 4 fully saturated rings. The lowest BCUT2D eigenvalue weighted by Gasteiger charge is -2.42. The molecule has 2 bridgehead atoms. The van der Waals surface area contributed by atoms with Gasteiger partial charge in [0.05, 0.1) is 23.9 Å². The highest BCUT2D eigenvalue weighted by Crippen LogP contribution is 2.52. The van der Waals surface area contributed by atoms with Gasteiger partial charge >= 0.3 is 0 Å². The second-order valence-corrected chi connectivity index (χ2v) is 12.4. The van der Waals surface area contributed by atoms with Gasteiger partial charge in [0.1, 0.15) is 0 Å². The number of sulfonamides is 1. The summed E-state index contributed by atoms with van der Waals surface area (Å²) >= 11 is 0. The lowest BCUT2D eigenvalue weighted by Crippen LogP contribution is -2.55. The Morgan fingerprint density at radius 3 is 2.38 bits per heavy atom. The first kappa shape index (κ1) is 24.2. The Bertz CT molecular complexity index is 960. The predicted molar refractivity (Wildman–Crippen MR) is 131 cm³/mol. The van der Waals surface area contributed by atoms with Gasteiger partial charge in [-0.1, -0.05) is 30.3 Å². The number of carbonyl (C=O) groups is 1. The molecule has 4 aliphatic rings. The van der Waals surface area contributed by atoms with Crippen LogP contribution in [0.25, 0.3) is 0 Å². The van der Waals surface area contributed by atoms with Gasteiger partial charge in [0.15, 0.2) is 0 Å². The number of hydrogen-bond donors (Lipinski definition) is 1. The SMILES string of the molecule is NS(=O)(=O)C1CCN(C(=O)[C@@]2(Cc3ccccc3)C[C@H]3CC[C@@H]2N3CCN2CCOCC2)CC1. The standard InChI is InChI=1S/C25H38N4O4S/c26-34(31,32)22-8-10-28(11-9-22)24(30)25(18-20-4-2-1-3-5-20)19-21-6-7-23(25)29(21)13-12-27-14-16-33-17-15-27/h1-5,21-23H,6-19H2,(H2,26,31,32)/t21-,23+,25+/m1/s1. The molecule has 0 radical (unpaired) electrons. The van der Waals surface area contributed by atoms with Crippen LogP contribution in [-0.4, -0.2) is 98.8 Å². The molecule has 9 heteroatoms. The first-order valence-electron chi connectivity index (χ1n) is 12.8. The van der Waals surface area contributed by atoms with E-state index in [1.165, 1.54) is 5.56 Å². The summed E-state index contributed by atoms with van der Waals surface area (Å²) in [5, 5.41) is 4.86. The molecule has 4 aliphatic heterocycles. The van der Waals surface area contributed by atoms with Crippen molar-refractivity contribution in [3.05, 3.63) is 35.9 Å². The number of nitrogens with two attached hydrogens (primary N) is 1. The van der Waals surface area contributed by atoms with Crippen LogP contribution in [0.3, 0.4) is 0 Å².